The molecule has 3 rings (SSSR count). The Hall–Kier alpha value is -0.960. The maximum atomic E-state index is 12.2. The van der Waals surface area contributed by atoms with Crippen molar-refractivity contribution in [1.82, 2.24) is 13.9 Å². The van der Waals surface area contributed by atoms with E-state index < -0.39 is 5.60 Å². The number of ether oxygens (including phenoxy) is 1. The minimum absolute atomic E-state index is 0.251. The second-order valence-electron chi connectivity index (χ2n) is 6.36. The molecule has 2 aromatic rings. The van der Waals surface area contributed by atoms with Gasteiger partial charge in [0.2, 0.25) is 0 Å². The Morgan fingerprint density at radius 1 is 1.45 bits per heavy atom. The summed E-state index contributed by atoms with van der Waals surface area (Å²) in [6.45, 7) is 6.91. The Balaban J connectivity index is 1.86. The first-order valence-corrected chi connectivity index (χ1v) is 10.5. The Labute approximate surface area is 146 Å². The minimum Gasteiger partial charge on any atom is -0.444 e. The average Bonchev–Trinajstić information content (AvgIpc) is 2.88. The van der Waals surface area contributed by atoms with Crippen LogP contribution in [0.4, 0.5) is 4.79 Å². The Kier molecular flexibility index (Phi) is 4.28. The number of hydrogen-bond acceptors (Lipinski definition) is 4. The van der Waals surface area contributed by atoms with Crippen LogP contribution in [0.1, 0.15) is 31.9 Å². The second kappa shape index (κ2) is 5.92. The summed E-state index contributed by atoms with van der Waals surface area (Å²) in [7, 11) is 1.61. The third-order valence-electron chi connectivity index (χ3n) is 3.60. The smallest absolute Gasteiger partial charge is 0.410 e. The van der Waals surface area contributed by atoms with Gasteiger partial charge in [0.1, 0.15) is 5.60 Å². The van der Waals surface area contributed by atoms with E-state index in [0.717, 1.165) is 17.6 Å². The summed E-state index contributed by atoms with van der Waals surface area (Å²) in [5.74, 6) is 0. The van der Waals surface area contributed by atoms with Crippen molar-refractivity contribution in [1.29, 1.82) is 0 Å². The van der Waals surface area contributed by atoms with Crippen LogP contribution in [0.3, 0.4) is 0 Å². The summed E-state index contributed by atoms with van der Waals surface area (Å²) in [5, 5.41) is 1.19. The van der Waals surface area contributed by atoms with Crippen molar-refractivity contribution in [3.8, 4) is 0 Å². The maximum absolute atomic E-state index is 12.2. The quantitative estimate of drug-likeness (QED) is 0.636. The van der Waals surface area contributed by atoms with Gasteiger partial charge in [0.05, 0.1) is 6.54 Å². The van der Waals surface area contributed by atoms with Crippen LogP contribution in [-0.4, -0.2) is 32.1 Å². The molecule has 0 N–H and O–H groups in total. The van der Waals surface area contributed by atoms with E-state index in [1.807, 2.05) is 33.2 Å². The van der Waals surface area contributed by atoms with Crippen molar-refractivity contribution in [2.45, 2.75) is 39.3 Å². The Morgan fingerprint density at radius 2 is 2.23 bits per heavy atom. The highest BCUT2D eigenvalue weighted by Crippen LogP contribution is 2.30. The molecule has 7 heteroatoms. The number of hydrogen-bond donors (Lipinski definition) is 0. The lowest BCUT2D eigenvalue weighted by atomic mass is 9.99. The third-order valence-corrected chi connectivity index (χ3v) is 5.32. The van der Waals surface area contributed by atoms with E-state index in [9.17, 15) is 4.79 Å². The molecule has 0 spiro atoms. The van der Waals surface area contributed by atoms with Gasteiger partial charge in [-0.05, 0) is 44.4 Å². The summed E-state index contributed by atoms with van der Waals surface area (Å²) in [4.78, 5) is 18.5. The fourth-order valence-electron chi connectivity index (χ4n) is 2.66. The molecule has 0 fully saturated rings. The zero-order chi connectivity index (χ0) is 15.9. The van der Waals surface area contributed by atoms with Gasteiger partial charge in [-0.25, -0.2) is 9.78 Å². The SMILES string of the molecule is CC(C)(C)OC(=O)N1CCc2c(cnc3c2ccn3SI)C1. The van der Waals surface area contributed by atoms with Gasteiger partial charge in [-0.15, -0.1) is 0 Å². The zero-order valence-corrected chi connectivity index (χ0v) is 15.8. The summed E-state index contributed by atoms with van der Waals surface area (Å²) in [6.07, 6.45) is 4.51. The molecule has 0 saturated heterocycles. The predicted octanol–water partition coefficient (Wildman–Crippen LogP) is 4.18. The first-order chi connectivity index (χ1) is 10.4. The molecule has 0 aromatic carbocycles. The number of halogens is 1. The molecule has 22 heavy (non-hydrogen) atoms. The fourth-order valence-corrected chi connectivity index (χ4v) is 3.93. The Morgan fingerprint density at radius 3 is 2.91 bits per heavy atom. The molecular weight excluding hydrogens is 413 g/mol. The molecule has 0 aliphatic carbocycles. The van der Waals surface area contributed by atoms with Gasteiger partial charge in [0.15, 0.2) is 5.65 Å². The summed E-state index contributed by atoms with van der Waals surface area (Å²) < 4.78 is 7.51. The average molecular weight is 431 g/mol. The number of pyridine rings is 1. The molecule has 2 aromatic heterocycles. The third kappa shape index (κ3) is 3.05. The fraction of sp³-hybridized carbons (Fsp3) is 0.467. The molecule has 118 valence electrons. The Bertz CT molecular complexity index is 723. The molecule has 0 radical (unpaired) electrons. The van der Waals surface area contributed by atoms with Crippen LogP contribution in [0.15, 0.2) is 18.5 Å². The van der Waals surface area contributed by atoms with E-state index in [-0.39, 0.29) is 6.09 Å². The lowest BCUT2D eigenvalue weighted by molar-refractivity contribution is 0.0224. The first kappa shape index (κ1) is 15.9. The molecule has 1 amide bonds. The van der Waals surface area contributed by atoms with Crippen LogP contribution in [0, 0.1) is 0 Å². The van der Waals surface area contributed by atoms with Crippen LogP contribution in [-0.2, 0) is 17.7 Å². The number of carbonyl (C=O) groups is 1. The van der Waals surface area contributed by atoms with Crippen LogP contribution in [0.5, 0.6) is 0 Å². The second-order valence-corrected chi connectivity index (χ2v) is 8.07. The summed E-state index contributed by atoms with van der Waals surface area (Å²) in [5.41, 5.74) is 2.94. The molecule has 0 bridgehead atoms. The summed E-state index contributed by atoms with van der Waals surface area (Å²) in [6, 6.07) is 2.11. The highest BCUT2D eigenvalue weighted by molar-refractivity contribution is 14.2. The van der Waals surface area contributed by atoms with Gasteiger partial charge in [0.25, 0.3) is 0 Å². The van der Waals surface area contributed by atoms with Crippen molar-refractivity contribution in [2.75, 3.05) is 6.54 Å². The molecule has 0 atom stereocenters. The van der Waals surface area contributed by atoms with Crippen LogP contribution in [0.2, 0.25) is 0 Å². The molecule has 0 saturated carbocycles. The topological polar surface area (TPSA) is 47.4 Å². The normalized spacial score (nSPS) is 15.0. The highest BCUT2D eigenvalue weighted by Gasteiger charge is 2.27. The molecule has 1 aliphatic heterocycles. The van der Waals surface area contributed by atoms with Crippen LogP contribution in [0.25, 0.3) is 11.0 Å². The van der Waals surface area contributed by atoms with Crippen molar-refractivity contribution in [3.05, 3.63) is 29.6 Å². The monoisotopic (exact) mass is 431 g/mol. The van der Waals surface area contributed by atoms with Gasteiger partial charge in [0, 0.05) is 54.6 Å². The number of rotatable bonds is 1. The lowest BCUT2D eigenvalue weighted by Crippen LogP contribution is -2.40. The van der Waals surface area contributed by atoms with Crippen molar-refractivity contribution < 1.29 is 9.53 Å². The van der Waals surface area contributed by atoms with Gasteiger partial charge >= 0.3 is 6.09 Å². The minimum atomic E-state index is -0.464. The van der Waals surface area contributed by atoms with Crippen molar-refractivity contribution >= 4 is 47.5 Å². The van der Waals surface area contributed by atoms with E-state index >= 15 is 0 Å². The summed E-state index contributed by atoms with van der Waals surface area (Å²) >= 11 is 2.25. The van der Waals surface area contributed by atoms with E-state index in [1.54, 1.807) is 14.0 Å². The molecule has 3 heterocycles. The largest absolute Gasteiger partial charge is 0.444 e. The number of fused-ring (bicyclic) bond motifs is 3. The standard InChI is InChI=1S/C15H18IN3O2S/c1-15(2,3)21-14(20)18-6-4-11-10(9-18)8-17-13-12(11)5-7-19(13)22-16/h5,7-8H,4,6,9H2,1-3H3. The molecule has 1 aliphatic rings. The van der Waals surface area contributed by atoms with Gasteiger partial charge in [-0.1, -0.05) is 0 Å². The van der Waals surface area contributed by atoms with Crippen LogP contribution < -0.4 is 0 Å². The zero-order valence-electron chi connectivity index (χ0n) is 12.8. The van der Waals surface area contributed by atoms with Crippen molar-refractivity contribution in [3.63, 3.8) is 0 Å². The van der Waals surface area contributed by atoms with E-state index in [1.165, 1.54) is 10.9 Å². The number of amides is 1. The van der Waals surface area contributed by atoms with E-state index in [2.05, 4.69) is 36.2 Å². The highest BCUT2D eigenvalue weighted by atomic mass is 127. The number of nitrogens with zero attached hydrogens (tertiary/aromatic N) is 3. The predicted molar refractivity (Wildman–Crippen MR) is 97.1 cm³/mol. The number of aromatic nitrogens is 2. The lowest BCUT2D eigenvalue weighted by Gasteiger charge is -2.31. The van der Waals surface area contributed by atoms with Gasteiger partial charge in [-0.3, -0.25) is 3.97 Å². The van der Waals surface area contributed by atoms with Gasteiger partial charge < -0.3 is 9.64 Å². The van der Waals surface area contributed by atoms with E-state index in [0.29, 0.717) is 13.1 Å². The molecule has 0 unspecified atom stereocenters. The first-order valence-electron chi connectivity index (χ1n) is 7.14. The van der Waals surface area contributed by atoms with E-state index in [4.69, 9.17) is 4.74 Å². The maximum Gasteiger partial charge on any atom is 0.410 e. The van der Waals surface area contributed by atoms with Crippen LogP contribution >= 0.6 is 30.3 Å². The molecule has 5 nitrogen and oxygen atoms in total. The molecular formula is C15H18IN3O2S. The van der Waals surface area contributed by atoms with Crippen molar-refractivity contribution in [2.24, 2.45) is 0 Å². The number of carbonyl (C=O) groups excluding carboxylic acids is 1. The van der Waals surface area contributed by atoms with Gasteiger partial charge in [-0.2, -0.15) is 0 Å².